The van der Waals surface area contributed by atoms with Crippen LogP contribution in [0.25, 0.3) is 0 Å². The van der Waals surface area contributed by atoms with Crippen LogP contribution in [0.15, 0.2) is 11.1 Å². The number of carboxylic acids is 2. The zero-order chi connectivity index (χ0) is 15.4. The molecule has 2 N–H and O–H groups in total. The third-order valence-corrected chi connectivity index (χ3v) is 2.50. The van der Waals surface area contributed by atoms with E-state index in [2.05, 4.69) is 0 Å². The van der Waals surface area contributed by atoms with E-state index in [1.165, 1.54) is 0 Å². The van der Waals surface area contributed by atoms with Gasteiger partial charge in [-0.05, 0) is 23.7 Å². The summed E-state index contributed by atoms with van der Waals surface area (Å²) in [5.74, 6) is -2.22. The first-order valence-electron chi connectivity index (χ1n) is 6.48. The molecule has 0 radical (unpaired) electrons. The molecule has 0 spiro atoms. The highest BCUT2D eigenvalue weighted by atomic mass is 16.4. The van der Waals surface area contributed by atoms with Crippen molar-refractivity contribution in [1.29, 1.82) is 0 Å². The number of allylic oxidation sites excluding steroid dienone is 1. The van der Waals surface area contributed by atoms with Gasteiger partial charge >= 0.3 is 11.9 Å². The molecule has 0 bridgehead atoms. The van der Waals surface area contributed by atoms with Crippen LogP contribution in [-0.4, -0.2) is 22.2 Å². The Labute approximate surface area is 115 Å². The Kier molecular flexibility index (Phi) is 5.79. The molecule has 0 unspecified atom stereocenters. The van der Waals surface area contributed by atoms with Crippen molar-refractivity contribution in [1.82, 2.24) is 0 Å². The zero-order valence-corrected chi connectivity index (χ0v) is 12.8. The maximum Gasteiger partial charge on any atom is 0.332 e. The molecule has 0 fully saturated rings. The van der Waals surface area contributed by atoms with Gasteiger partial charge in [-0.25, -0.2) is 4.79 Å². The molecule has 0 aliphatic carbocycles. The molecule has 0 aliphatic heterocycles. The summed E-state index contributed by atoms with van der Waals surface area (Å²) in [5, 5.41) is 18.1. The number of carboxylic acid groups (broad SMARTS) is 2. The highest BCUT2D eigenvalue weighted by Gasteiger charge is 2.25. The van der Waals surface area contributed by atoms with Crippen molar-refractivity contribution in [3.8, 4) is 0 Å². The summed E-state index contributed by atoms with van der Waals surface area (Å²) in [6.07, 6.45) is 0.773. The number of hydrogen-bond donors (Lipinski definition) is 2. The molecule has 0 saturated heterocycles. The van der Waals surface area contributed by atoms with Crippen molar-refractivity contribution in [3.63, 3.8) is 0 Å². The molecular weight excluding hydrogens is 244 g/mol. The molecule has 0 aromatic heterocycles. The Morgan fingerprint density at radius 2 is 1.21 bits per heavy atom. The van der Waals surface area contributed by atoms with Crippen LogP contribution in [0.1, 0.15) is 60.8 Å². The first-order chi connectivity index (χ1) is 8.32. The van der Waals surface area contributed by atoms with Gasteiger partial charge in [0.15, 0.2) is 0 Å². The molecule has 4 heteroatoms. The van der Waals surface area contributed by atoms with Crippen LogP contribution in [0, 0.1) is 10.8 Å². The summed E-state index contributed by atoms with van der Waals surface area (Å²) in [4.78, 5) is 22.2. The van der Waals surface area contributed by atoms with Gasteiger partial charge in [-0.15, -0.1) is 0 Å². The highest BCUT2D eigenvalue weighted by Crippen LogP contribution is 2.35. The topological polar surface area (TPSA) is 74.6 Å². The van der Waals surface area contributed by atoms with Gasteiger partial charge in [-0.2, -0.15) is 0 Å². The lowest BCUT2D eigenvalue weighted by molar-refractivity contribution is -0.139. The molecule has 0 saturated carbocycles. The van der Waals surface area contributed by atoms with E-state index in [-0.39, 0.29) is 16.4 Å². The Morgan fingerprint density at radius 3 is 1.42 bits per heavy atom. The molecule has 0 rings (SSSR count). The molecule has 110 valence electrons. The average Bonchev–Trinajstić information content (AvgIpc) is 2.07. The molecule has 19 heavy (non-hydrogen) atoms. The van der Waals surface area contributed by atoms with Crippen LogP contribution in [0.3, 0.4) is 0 Å². The van der Waals surface area contributed by atoms with E-state index in [1.807, 2.05) is 41.5 Å². The zero-order valence-electron chi connectivity index (χ0n) is 12.8. The number of rotatable bonds is 5. The lowest BCUT2D eigenvalue weighted by atomic mass is 9.78. The minimum atomic E-state index is -1.12. The van der Waals surface area contributed by atoms with Gasteiger partial charge in [-0.1, -0.05) is 47.1 Å². The van der Waals surface area contributed by atoms with Gasteiger partial charge in [0.2, 0.25) is 0 Å². The van der Waals surface area contributed by atoms with Gasteiger partial charge < -0.3 is 10.2 Å². The fourth-order valence-electron chi connectivity index (χ4n) is 2.06. The van der Waals surface area contributed by atoms with Crippen molar-refractivity contribution < 1.29 is 19.8 Å². The number of aliphatic carboxylic acids is 2. The van der Waals surface area contributed by atoms with Crippen molar-refractivity contribution in [2.75, 3.05) is 0 Å². The quantitative estimate of drug-likeness (QED) is 0.747. The molecular formula is C15H26O4. The van der Waals surface area contributed by atoms with Crippen molar-refractivity contribution in [3.05, 3.63) is 11.1 Å². The predicted molar refractivity (Wildman–Crippen MR) is 75.1 cm³/mol. The summed E-state index contributed by atoms with van der Waals surface area (Å²) >= 11 is 0. The van der Waals surface area contributed by atoms with E-state index in [1.54, 1.807) is 0 Å². The fraction of sp³-hybridized carbons (Fsp3) is 0.733. The molecule has 0 heterocycles. The molecule has 0 atom stereocenters. The van der Waals surface area contributed by atoms with Crippen LogP contribution in [0.4, 0.5) is 0 Å². The Hall–Kier alpha value is -1.32. The average molecular weight is 270 g/mol. The van der Waals surface area contributed by atoms with Crippen LogP contribution >= 0.6 is 0 Å². The second-order valence-corrected chi connectivity index (χ2v) is 7.43. The molecule has 0 aromatic rings. The third kappa shape index (κ3) is 8.41. The summed E-state index contributed by atoms with van der Waals surface area (Å²) in [5.41, 5.74) is 0.645. The lowest BCUT2D eigenvalue weighted by Gasteiger charge is -2.27. The minimum absolute atomic E-state index is 0.0392. The van der Waals surface area contributed by atoms with Gasteiger partial charge in [0.05, 0.1) is 6.42 Å². The maximum atomic E-state index is 11.3. The van der Waals surface area contributed by atoms with Crippen LogP contribution in [0.5, 0.6) is 0 Å². The summed E-state index contributed by atoms with van der Waals surface area (Å²) in [6.45, 7) is 12.1. The van der Waals surface area contributed by atoms with E-state index in [4.69, 9.17) is 5.11 Å². The first kappa shape index (κ1) is 17.7. The fourth-order valence-corrected chi connectivity index (χ4v) is 2.06. The van der Waals surface area contributed by atoms with Crippen molar-refractivity contribution >= 4 is 11.9 Å². The highest BCUT2D eigenvalue weighted by molar-refractivity contribution is 5.92. The summed E-state index contributed by atoms with van der Waals surface area (Å²) in [7, 11) is 0. The summed E-state index contributed by atoms with van der Waals surface area (Å²) < 4.78 is 0. The Morgan fingerprint density at radius 1 is 0.842 bits per heavy atom. The van der Waals surface area contributed by atoms with Crippen molar-refractivity contribution in [2.24, 2.45) is 10.8 Å². The second-order valence-electron chi connectivity index (χ2n) is 7.43. The standard InChI is InChI=1S/C15H26O4/c1-14(2,3)8-10(9-15(4,5)6)11(13(18)19)7-12(16)17/h7-9H2,1-6H3,(H,16,17)(H,18,19). The number of hydrogen-bond acceptors (Lipinski definition) is 2. The normalized spacial score (nSPS) is 12.1. The molecule has 0 amide bonds. The Bertz CT molecular complexity index is 360. The minimum Gasteiger partial charge on any atom is -0.481 e. The van der Waals surface area contributed by atoms with Gasteiger partial charge in [0.1, 0.15) is 0 Å². The van der Waals surface area contributed by atoms with E-state index in [0.717, 1.165) is 5.57 Å². The van der Waals surface area contributed by atoms with E-state index in [0.29, 0.717) is 12.8 Å². The molecule has 0 aliphatic rings. The predicted octanol–water partition coefficient (Wildman–Crippen LogP) is 3.71. The maximum absolute atomic E-state index is 11.3. The van der Waals surface area contributed by atoms with Gasteiger partial charge in [-0.3, -0.25) is 4.79 Å². The van der Waals surface area contributed by atoms with E-state index >= 15 is 0 Å². The lowest BCUT2D eigenvalue weighted by Crippen LogP contribution is -2.18. The van der Waals surface area contributed by atoms with Crippen molar-refractivity contribution in [2.45, 2.75) is 60.8 Å². The van der Waals surface area contributed by atoms with Gasteiger partial charge in [0, 0.05) is 5.57 Å². The second kappa shape index (κ2) is 6.22. The smallest absolute Gasteiger partial charge is 0.332 e. The third-order valence-electron chi connectivity index (χ3n) is 2.50. The van der Waals surface area contributed by atoms with Crippen LogP contribution in [-0.2, 0) is 9.59 Å². The number of carbonyl (C=O) groups is 2. The van der Waals surface area contributed by atoms with E-state index in [9.17, 15) is 14.7 Å². The molecule has 0 aromatic carbocycles. The van der Waals surface area contributed by atoms with E-state index < -0.39 is 18.4 Å². The first-order valence-corrected chi connectivity index (χ1v) is 6.48. The largest absolute Gasteiger partial charge is 0.481 e. The molecule has 4 nitrogen and oxygen atoms in total. The monoisotopic (exact) mass is 270 g/mol. The van der Waals surface area contributed by atoms with Crippen LogP contribution < -0.4 is 0 Å². The SMILES string of the molecule is CC(C)(C)CC(CC(C)(C)C)=C(CC(=O)O)C(=O)O. The van der Waals surface area contributed by atoms with Crippen LogP contribution in [0.2, 0.25) is 0 Å². The summed E-state index contributed by atoms with van der Waals surface area (Å²) in [6, 6.07) is 0. The van der Waals surface area contributed by atoms with Gasteiger partial charge in [0.25, 0.3) is 0 Å². The Balaban J connectivity index is 5.58.